The number of methoxy groups -OCH3 is 1. The molecule has 16 heavy (non-hydrogen) atoms. The van der Waals surface area contributed by atoms with E-state index < -0.39 is 0 Å². The van der Waals surface area contributed by atoms with Gasteiger partial charge in [0.05, 0.1) is 23.9 Å². The summed E-state index contributed by atoms with van der Waals surface area (Å²) < 4.78 is 16.9. The fraction of sp³-hybridized carbons (Fsp3) is 0.917. The molecule has 3 unspecified atom stereocenters. The number of hydrogen-bond acceptors (Lipinski definition) is 3. The first-order valence-electron chi connectivity index (χ1n) is 5.80. The Kier molecular flexibility index (Phi) is 3.54. The van der Waals surface area contributed by atoms with Crippen LogP contribution in [0.5, 0.6) is 0 Å². The summed E-state index contributed by atoms with van der Waals surface area (Å²) in [5.74, 6) is 0.402. The van der Waals surface area contributed by atoms with Crippen LogP contribution in [0, 0.1) is 43.5 Å². The molecule has 0 aromatic heterocycles. The fourth-order valence-corrected chi connectivity index (χ4v) is 3.03. The van der Waals surface area contributed by atoms with E-state index in [1.807, 2.05) is 0 Å². The van der Waals surface area contributed by atoms with Crippen LogP contribution in [-0.2, 0) is 14.2 Å². The molecule has 1 aliphatic carbocycles. The summed E-state index contributed by atoms with van der Waals surface area (Å²) in [6.07, 6.45) is 5.13. The van der Waals surface area contributed by atoms with Crippen LogP contribution in [0.25, 0.3) is 0 Å². The topological polar surface area (TPSA) is 34.3 Å². The molecule has 5 atom stereocenters. The van der Waals surface area contributed by atoms with Crippen molar-refractivity contribution in [2.75, 3.05) is 13.7 Å². The van der Waals surface area contributed by atoms with Crippen molar-refractivity contribution in [2.45, 2.75) is 50.1 Å². The normalized spacial score (nSPS) is 54.6. The van der Waals surface area contributed by atoms with Crippen molar-refractivity contribution in [1.29, 1.82) is 0 Å². The van der Waals surface area contributed by atoms with E-state index in [1.54, 1.807) is 7.11 Å². The molecule has 2 saturated heterocycles. The summed E-state index contributed by atoms with van der Waals surface area (Å²) in [6, 6.07) is 0. The maximum absolute atomic E-state index is 5.75. The zero-order chi connectivity index (χ0) is 10.7. The van der Waals surface area contributed by atoms with Crippen molar-refractivity contribution in [3.8, 4) is 0 Å². The average molecular weight is 449 g/mol. The molecule has 2 heterocycles. The standard InChI is InChI=1S/C12H19O3.U/c1-8-11(2,15-8)10-6-9(13-3)4-5-12(10)7-14-12;/h6,8-10H,4-5,7H2,1-3H3;/q-1;/t8?,9-,10?,11?,12+;/m1./s1. The summed E-state index contributed by atoms with van der Waals surface area (Å²) >= 11 is 0. The molecule has 0 aromatic rings. The van der Waals surface area contributed by atoms with E-state index in [0.717, 1.165) is 19.4 Å². The molecule has 0 bridgehead atoms. The molecule has 90 valence electrons. The number of rotatable bonds is 2. The molecule has 3 fully saturated rings. The second-order valence-electron chi connectivity index (χ2n) is 5.28. The monoisotopic (exact) mass is 449 g/mol. The van der Waals surface area contributed by atoms with Gasteiger partial charge in [-0.15, -0.1) is 5.92 Å². The molecule has 0 amide bonds. The summed E-state index contributed by atoms with van der Waals surface area (Å²) in [6.45, 7) is 5.23. The largest absolute Gasteiger partial charge is 0.413 e. The minimum Gasteiger partial charge on any atom is -0.413 e. The van der Waals surface area contributed by atoms with Crippen LogP contribution >= 0.6 is 0 Å². The first kappa shape index (κ1) is 13.4. The Morgan fingerprint density at radius 1 is 1.44 bits per heavy atom. The van der Waals surface area contributed by atoms with Crippen LogP contribution in [0.1, 0.15) is 26.7 Å². The van der Waals surface area contributed by atoms with Crippen molar-refractivity contribution < 1.29 is 45.3 Å². The molecule has 3 nitrogen and oxygen atoms in total. The number of hydrogen-bond donors (Lipinski definition) is 0. The van der Waals surface area contributed by atoms with E-state index in [-0.39, 0.29) is 48.4 Å². The predicted octanol–water partition coefficient (Wildman–Crippen LogP) is 1.56. The van der Waals surface area contributed by atoms with Crippen molar-refractivity contribution in [3.63, 3.8) is 0 Å². The van der Waals surface area contributed by atoms with Crippen LogP contribution in [0.4, 0.5) is 0 Å². The molecule has 0 aromatic carbocycles. The van der Waals surface area contributed by atoms with Crippen LogP contribution in [-0.4, -0.2) is 37.1 Å². The summed E-state index contributed by atoms with van der Waals surface area (Å²) in [7, 11) is 1.78. The fourth-order valence-electron chi connectivity index (χ4n) is 3.03. The Bertz CT molecular complexity index is 277. The molecule has 4 heteroatoms. The van der Waals surface area contributed by atoms with E-state index in [2.05, 4.69) is 20.3 Å². The van der Waals surface area contributed by atoms with Crippen LogP contribution in [0.15, 0.2) is 0 Å². The molecule has 3 aliphatic rings. The van der Waals surface area contributed by atoms with Crippen LogP contribution in [0.3, 0.4) is 0 Å². The van der Waals surface area contributed by atoms with Gasteiger partial charge in [-0.25, -0.2) is 0 Å². The minimum absolute atomic E-state index is 0. The van der Waals surface area contributed by atoms with Gasteiger partial charge in [-0.1, -0.05) is 12.5 Å². The van der Waals surface area contributed by atoms with Gasteiger partial charge in [-0.05, 0) is 20.3 Å². The third-order valence-electron chi connectivity index (χ3n) is 4.44. The smallest absolute Gasteiger partial charge is 0.0820 e. The zero-order valence-electron chi connectivity index (χ0n) is 10.2. The molecule has 0 N–H and O–H groups in total. The van der Waals surface area contributed by atoms with Crippen molar-refractivity contribution in [2.24, 2.45) is 5.92 Å². The van der Waals surface area contributed by atoms with Crippen molar-refractivity contribution in [1.82, 2.24) is 0 Å². The van der Waals surface area contributed by atoms with Crippen molar-refractivity contribution in [3.05, 3.63) is 6.42 Å². The van der Waals surface area contributed by atoms with E-state index in [0.29, 0.717) is 12.0 Å². The van der Waals surface area contributed by atoms with Gasteiger partial charge in [-0.3, -0.25) is 6.42 Å². The predicted molar refractivity (Wildman–Crippen MR) is 55.5 cm³/mol. The van der Waals surface area contributed by atoms with E-state index in [9.17, 15) is 0 Å². The first-order valence-corrected chi connectivity index (χ1v) is 5.80. The van der Waals surface area contributed by atoms with Gasteiger partial charge in [0, 0.05) is 38.2 Å². The van der Waals surface area contributed by atoms with Gasteiger partial charge in [-0.2, -0.15) is 0 Å². The SMILES string of the molecule is CO[C@H]1[CH-]C(C2(C)OC2C)[C@]2(CC1)CO2.[U]. The Labute approximate surface area is 121 Å². The van der Waals surface area contributed by atoms with E-state index in [1.165, 1.54) is 0 Å². The zero-order valence-corrected chi connectivity index (χ0v) is 14.3. The van der Waals surface area contributed by atoms with E-state index in [4.69, 9.17) is 14.2 Å². The number of epoxide rings is 2. The van der Waals surface area contributed by atoms with Crippen LogP contribution in [0.2, 0.25) is 0 Å². The summed E-state index contributed by atoms with van der Waals surface area (Å²) in [4.78, 5) is 0. The maximum atomic E-state index is 5.75. The van der Waals surface area contributed by atoms with Gasteiger partial charge in [0.15, 0.2) is 0 Å². The third-order valence-corrected chi connectivity index (χ3v) is 4.44. The molecule has 1 saturated carbocycles. The second kappa shape index (κ2) is 4.24. The Morgan fingerprint density at radius 2 is 2.06 bits per heavy atom. The quantitative estimate of drug-likeness (QED) is 0.474. The number of ether oxygens (including phenoxy) is 3. The maximum Gasteiger partial charge on any atom is 0.0820 e. The molecule has 3 rings (SSSR count). The summed E-state index contributed by atoms with van der Waals surface area (Å²) in [5.41, 5.74) is 0.0856. The average Bonchev–Trinajstić information content (AvgIpc) is 3.10. The second-order valence-corrected chi connectivity index (χ2v) is 5.28. The van der Waals surface area contributed by atoms with Gasteiger partial charge in [0.1, 0.15) is 0 Å². The van der Waals surface area contributed by atoms with Gasteiger partial charge >= 0.3 is 0 Å². The molecule has 0 radical (unpaired) electrons. The third kappa shape index (κ3) is 1.91. The van der Waals surface area contributed by atoms with Crippen molar-refractivity contribution >= 4 is 0 Å². The first-order chi connectivity index (χ1) is 7.11. The van der Waals surface area contributed by atoms with Crippen LogP contribution < -0.4 is 0 Å². The molecular formula is C12H19O3U-. The molecular weight excluding hydrogens is 430 g/mol. The van der Waals surface area contributed by atoms with E-state index >= 15 is 0 Å². The van der Waals surface area contributed by atoms with Gasteiger partial charge in [0.25, 0.3) is 0 Å². The summed E-state index contributed by atoms with van der Waals surface area (Å²) in [5, 5.41) is 0. The molecule has 2 aliphatic heterocycles. The Morgan fingerprint density at radius 3 is 2.50 bits per heavy atom. The molecule has 1 spiro atoms. The Hall–Kier alpha value is 0.932. The van der Waals surface area contributed by atoms with Gasteiger partial charge < -0.3 is 14.2 Å². The van der Waals surface area contributed by atoms with Gasteiger partial charge in [0.2, 0.25) is 0 Å². The Balaban J connectivity index is 0.000000963. The minimum atomic E-state index is -0.00625.